The number of benzene rings is 2. The van der Waals surface area contributed by atoms with Crippen molar-refractivity contribution in [2.45, 2.75) is 46.9 Å². The van der Waals surface area contributed by atoms with Gasteiger partial charge in [-0.25, -0.2) is 15.3 Å². The lowest BCUT2D eigenvalue weighted by molar-refractivity contribution is -0.119. The number of nitrogens with one attached hydrogen (secondary N) is 1. The molecule has 2 N–H and O–H groups in total. The quantitative estimate of drug-likeness (QED) is 0.582. The maximum absolute atomic E-state index is 13.4. The lowest BCUT2D eigenvalue weighted by Crippen LogP contribution is -2.32. The highest BCUT2D eigenvalue weighted by Gasteiger charge is 2.45. The molecule has 0 aromatic heterocycles. The largest absolute Gasteiger partial charge is 0.503 e. The highest BCUT2D eigenvalue weighted by molar-refractivity contribution is 6.17. The second-order valence-electron chi connectivity index (χ2n) is 9.45. The minimum absolute atomic E-state index is 0.0822. The lowest BCUT2D eigenvalue weighted by atomic mass is 9.90. The molecule has 2 aromatic carbocycles. The third-order valence-electron chi connectivity index (χ3n) is 5.84. The van der Waals surface area contributed by atoms with Crippen molar-refractivity contribution >= 4 is 23.2 Å². The van der Waals surface area contributed by atoms with Gasteiger partial charge in [0.15, 0.2) is 23.6 Å². The van der Waals surface area contributed by atoms with Crippen LogP contribution in [0.4, 0.5) is 5.69 Å². The van der Waals surface area contributed by atoms with Gasteiger partial charge in [-0.15, -0.1) is 0 Å². The number of carbonyl (C=O) groups is 2. The second kappa shape index (κ2) is 9.92. The smallest absolute Gasteiger partial charge is 0.294 e. The molecule has 4 rings (SSSR count). The van der Waals surface area contributed by atoms with Crippen LogP contribution in [-0.2, 0) is 14.4 Å². The number of hydrogen-bond donors (Lipinski definition) is 2. The van der Waals surface area contributed by atoms with Crippen LogP contribution in [0.25, 0.3) is 0 Å². The van der Waals surface area contributed by atoms with Crippen LogP contribution >= 0.6 is 0 Å². The fraction of sp³-hybridized carbons (Fsp3) is 0.370. The summed E-state index contributed by atoms with van der Waals surface area (Å²) in [4.78, 5) is 37.7. The molecule has 0 saturated carbocycles. The molecule has 8 heteroatoms. The molecule has 0 saturated heterocycles. The zero-order valence-corrected chi connectivity index (χ0v) is 20.6. The first kappa shape index (κ1) is 24.5. The maximum Gasteiger partial charge on any atom is 0.294 e. The summed E-state index contributed by atoms with van der Waals surface area (Å²) in [5.74, 6) is -0.385. The monoisotopic (exact) mass is 477 g/mol. The second-order valence-corrected chi connectivity index (χ2v) is 9.45. The van der Waals surface area contributed by atoms with E-state index in [1.54, 1.807) is 26.0 Å². The number of hydroxylamine groups is 1. The molecule has 0 spiro atoms. The Morgan fingerprint density at radius 2 is 1.83 bits per heavy atom. The minimum atomic E-state index is -0.822. The molecule has 184 valence electrons. The summed E-state index contributed by atoms with van der Waals surface area (Å²) >= 11 is 0. The molecule has 2 heterocycles. The molecule has 35 heavy (non-hydrogen) atoms. The zero-order chi connectivity index (χ0) is 25.3. The number of anilines is 1. The van der Waals surface area contributed by atoms with Crippen molar-refractivity contribution in [1.82, 2.24) is 5.48 Å². The molecule has 2 aliphatic heterocycles. The number of aliphatic imine (C=N–C) groups is 1. The van der Waals surface area contributed by atoms with E-state index in [1.807, 2.05) is 57.2 Å². The number of para-hydroxylation sites is 1. The number of aliphatic hydroxyl groups excluding tert-OH is 1. The first-order valence-electron chi connectivity index (χ1n) is 11.8. The van der Waals surface area contributed by atoms with Crippen molar-refractivity contribution in [2.24, 2.45) is 16.8 Å². The van der Waals surface area contributed by atoms with Gasteiger partial charge in [0.2, 0.25) is 0 Å². The van der Waals surface area contributed by atoms with E-state index >= 15 is 0 Å². The standard InChI is InChI=1S/C27H31N3O5/c1-15(2)14-34-21-9-7-6-8-20(21)23-22(24(31)16(3)4)25(32)27(33)30(23)19-12-10-18(11-13-19)26-28-17(5)35-29-26/h6-13,15-17,23,32H,14H2,1-5H3,(H,28,29). The van der Waals surface area contributed by atoms with Crippen LogP contribution in [0.5, 0.6) is 5.75 Å². The van der Waals surface area contributed by atoms with E-state index in [9.17, 15) is 14.7 Å². The van der Waals surface area contributed by atoms with E-state index in [0.29, 0.717) is 29.4 Å². The molecule has 2 aromatic rings. The van der Waals surface area contributed by atoms with Crippen LogP contribution in [0.3, 0.4) is 0 Å². The van der Waals surface area contributed by atoms with Gasteiger partial charge in [0.25, 0.3) is 5.91 Å². The average Bonchev–Trinajstić information content (AvgIpc) is 3.38. The Bertz CT molecular complexity index is 1180. The number of ketones is 1. The van der Waals surface area contributed by atoms with E-state index in [2.05, 4.69) is 10.5 Å². The van der Waals surface area contributed by atoms with Crippen molar-refractivity contribution in [2.75, 3.05) is 11.5 Å². The third-order valence-corrected chi connectivity index (χ3v) is 5.84. The Balaban J connectivity index is 1.79. The number of Topliss-reactive ketones (excluding diaryl/α,β-unsaturated/α-hetero) is 1. The summed E-state index contributed by atoms with van der Waals surface area (Å²) in [6.45, 7) is 9.89. The molecule has 0 aliphatic carbocycles. The number of hydrogen-bond acceptors (Lipinski definition) is 7. The molecule has 2 atom stereocenters. The third kappa shape index (κ3) is 4.79. The maximum atomic E-state index is 13.4. The van der Waals surface area contributed by atoms with Crippen LogP contribution in [0.2, 0.25) is 0 Å². The summed E-state index contributed by atoms with van der Waals surface area (Å²) in [5, 5.41) is 10.9. The minimum Gasteiger partial charge on any atom is -0.503 e. The predicted molar refractivity (Wildman–Crippen MR) is 133 cm³/mol. The molecular formula is C27H31N3O5. The average molecular weight is 478 g/mol. The van der Waals surface area contributed by atoms with E-state index < -0.39 is 23.6 Å². The van der Waals surface area contributed by atoms with Crippen LogP contribution in [0.1, 0.15) is 51.8 Å². The Morgan fingerprint density at radius 3 is 2.43 bits per heavy atom. The molecule has 0 bridgehead atoms. The summed E-state index contributed by atoms with van der Waals surface area (Å²) in [7, 11) is 0. The van der Waals surface area contributed by atoms with Crippen LogP contribution in [0, 0.1) is 11.8 Å². The number of amides is 1. The number of nitrogens with zero attached hydrogens (tertiary/aromatic N) is 2. The van der Waals surface area contributed by atoms with Gasteiger partial charge in [0, 0.05) is 22.7 Å². The van der Waals surface area contributed by atoms with Crippen molar-refractivity contribution < 1.29 is 24.3 Å². The molecule has 0 fully saturated rings. The van der Waals surface area contributed by atoms with Crippen molar-refractivity contribution in [3.8, 4) is 5.75 Å². The number of carbonyl (C=O) groups excluding carboxylic acids is 2. The van der Waals surface area contributed by atoms with Crippen molar-refractivity contribution in [3.05, 3.63) is 71.0 Å². The number of ether oxygens (including phenoxy) is 1. The van der Waals surface area contributed by atoms with E-state index in [1.165, 1.54) is 4.90 Å². The van der Waals surface area contributed by atoms with Gasteiger partial charge in [-0.05, 0) is 43.2 Å². The van der Waals surface area contributed by atoms with Crippen molar-refractivity contribution in [1.29, 1.82) is 0 Å². The summed E-state index contributed by atoms with van der Waals surface area (Å²) in [5.41, 5.74) is 4.84. The lowest BCUT2D eigenvalue weighted by Gasteiger charge is -2.29. The van der Waals surface area contributed by atoms with Gasteiger partial charge in [0.05, 0.1) is 18.2 Å². The summed E-state index contributed by atoms with van der Waals surface area (Å²) in [6, 6.07) is 13.7. The van der Waals surface area contributed by atoms with Gasteiger partial charge < -0.3 is 9.84 Å². The number of amidine groups is 1. The van der Waals surface area contributed by atoms with E-state index in [4.69, 9.17) is 9.57 Å². The summed E-state index contributed by atoms with van der Waals surface area (Å²) in [6.07, 6.45) is -0.290. The molecule has 0 radical (unpaired) electrons. The zero-order valence-electron chi connectivity index (χ0n) is 20.6. The Morgan fingerprint density at radius 1 is 1.14 bits per heavy atom. The van der Waals surface area contributed by atoms with Gasteiger partial charge in [-0.2, -0.15) is 0 Å². The Labute approximate surface area is 205 Å². The number of rotatable bonds is 8. The van der Waals surface area contributed by atoms with Gasteiger partial charge in [0.1, 0.15) is 5.75 Å². The highest BCUT2D eigenvalue weighted by Crippen LogP contribution is 2.44. The van der Waals surface area contributed by atoms with E-state index in [0.717, 1.165) is 5.56 Å². The molecular weight excluding hydrogens is 446 g/mol. The Kier molecular flexibility index (Phi) is 6.93. The van der Waals surface area contributed by atoms with Crippen molar-refractivity contribution in [3.63, 3.8) is 0 Å². The van der Waals surface area contributed by atoms with Crippen LogP contribution in [0.15, 0.2) is 64.9 Å². The van der Waals surface area contributed by atoms with E-state index in [-0.39, 0.29) is 23.5 Å². The first-order chi connectivity index (χ1) is 16.7. The fourth-order valence-corrected chi connectivity index (χ4v) is 4.11. The SMILES string of the molecule is CC(C)COc1ccccc1C1C(C(=O)C(C)C)=C(O)C(=O)N1c1ccc(C2=NC(C)ON2)cc1. The van der Waals surface area contributed by atoms with Crippen LogP contribution < -0.4 is 15.1 Å². The first-order valence-corrected chi connectivity index (χ1v) is 11.8. The van der Waals surface area contributed by atoms with Crippen LogP contribution in [-0.4, -0.2) is 35.5 Å². The topological polar surface area (TPSA) is 100 Å². The molecule has 2 aliphatic rings. The summed E-state index contributed by atoms with van der Waals surface area (Å²) < 4.78 is 6.06. The number of aliphatic hydroxyl groups is 1. The molecule has 2 unspecified atom stereocenters. The normalized spacial score (nSPS) is 20.0. The van der Waals surface area contributed by atoms with Gasteiger partial charge >= 0.3 is 0 Å². The van der Waals surface area contributed by atoms with Gasteiger partial charge in [-0.3, -0.25) is 14.5 Å². The molecule has 1 amide bonds. The van der Waals surface area contributed by atoms with Gasteiger partial charge in [-0.1, -0.05) is 45.9 Å². The predicted octanol–water partition coefficient (Wildman–Crippen LogP) is 4.47. The Hall–Kier alpha value is -3.65. The fourth-order valence-electron chi connectivity index (χ4n) is 4.11. The highest BCUT2D eigenvalue weighted by atomic mass is 16.7. The molecule has 8 nitrogen and oxygen atoms in total.